The molecule has 3 aliphatic heterocycles. The number of hydrogen-bond donors (Lipinski definition) is 10. The third-order valence-electron chi connectivity index (χ3n) is 18.9. The number of esters is 1. The molecule has 3 heterocycles. The number of carbonyl (C=O) groups is 1. The van der Waals surface area contributed by atoms with Crippen molar-refractivity contribution in [1.29, 1.82) is 0 Å². The zero-order valence-electron chi connectivity index (χ0n) is 38.5. The van der Waals surface area contributed by atoms with E-state index in [0.717, 1.165) is 44.9 Å². The fraction of sp³-hybridized carbons (Fsp3) is 0.936. The molecule has 17 heteroatoms. The van der Waals surface area contributed by atoms with Crippen LogP contribution in [0.1, 0.15) is 113 Å². The summed E-state index contributed by atoms with van der Waals surface area (Å²) >= 11 is 0. The van der Waals surface area contributed by atoms with Gasteiger partial charge in [-0.3, -0.25) is 4.79 Å². The Kier molecular flexibility index (Phi) is 13.2. The van der Waals surface area contributed by atoms with Crippen LogP contribution in [-0.2, 0) is 33.2 Å². The second-order valence-electron chi connectivity index (χ2n) is 23.0. The highest BCUT2D eigenvalue weighted by atomic mass is 16.7. The van der Waals surface area contributed by atoms with Crippen LogP contribution in [-0.4, -0.2) is 169 Å². The Bertz CT molecular complexity index is 1740. The first-order valence-electron chi connectivity index (χ1n) is 23.7. The highest BCUT2D eigenvalue weighted by molar-refractivity contribution is 5.79. The van der Waals surface area contributed by atoms with Gasteiger partial charge in [0.05, 0.1) is 31.3 Å². The van der Waals surface area contributed by atoms with E-state index in [1.54, 1.807) is 0 Å². The van der Waals surface area contributed by atoms with Crippen molar-refractivity contribution in [3.05, 3.63) is 11.6 Å². The summed E-state index contributed by atoms with van der Waals surface area (Å²) in [7, 11) is 0. The zero-order chi connectivity index (χ0) is 46.7. The molecule has 0 amide bonds. The lowest BCUT2D eigenvalue weighted by Crippen LogP contribution is -2.66. The second-order valence-corrected chi connectivity index (χ2v) is 23.0. The van der Waals surface area contributed by atoms with Crippen molar-refractivity contribution < 1.29 is 84.3 Å². The average Bonchev–Trinajstić information content (AvgIpc) is 3.24. The molecule has 0 spiro atoms. The van der Waals surface area contributed by atoms with E-state index in [-0.39, 0.29) is 46.0 Å². The van der Waals surface area contributed by atoms with Gasteiger partial charge in [-0.05, 0) is 109 Å². The standard InChI is InChI=1S/C47H76O17/c1-42(2)14-16-47(41(58)64-39-35(56)33(54)31(52)25(19-48)60-39)17-15-45(6)22(23(47)18-42)8-9-28-44(5)12-11-29(43(3,4)27(44)10-13-46(28,45)7)62-40-36(57)37(32(53)26(20-49)61-40)63-38-34(55)30(51)24(50)21-59-38/h8,23-40,48-57H,9-21H2,1-7H3/t23-,24-,25+,26+,27-,28+,29-,30-,31+,32+,33-,34+,35+,36+,37-,38-,39-,40-,44-,45+,46+,47-/m0/s1. The summed E-state index contributed by atoms with van der Waals surface area (Å²) in [6.07, 6.45) is -11.0. The Morgan fingerprint density at radius 3 is 2.00 bits per heavy atom. The van der Waals surface area contributed by atoms with E-state index < -0.39 is 122 Å². The highest BCUT2D eigenvalue weighted by Crippen LogP contribution is 2.76. The number of fused-ring (bicyclic) bond motifs is 7. The summed E-state index contributed by atoms with van der Waals surface area (Å²) in [5.74, 6) is -0.119. The molecular weight excluding hydrogens is 836 g/mol. The molecule has 4 saturated carbocycles. The first-order chi connectivity index (χ1) is 29.9. The maximum Gasteiger partial charge on any atom is 0.315 e. The van der Waals surface area contributed by atoms with Crippen LogP contribution < -0.4 is 0 Å². The molecule has 0 aromatic carbocycles. The minimum Gasteiger partial charge on any atom is -0.432 e. The van der Waals surface area contributed by atoms with Gasteiger partial charge in [0.1, 0.15) is 67.1 Å². The third kappa shape index (κ3) is 7.58. The van der Waals surface area contributed by atoms with Crippen molar-refractivity contribution in [1.82, 2.24) is 0 Å². The lowest BCUT2D eigenvalue weighted by atomic mass is 9.33. The molecule has 7 fully saturated rings. The van der Waals surface area contributed by atoms with Gasteiger partial charge in [0, 0.05) is 0 Å². The Morgan fingerprint density at radius 1 is 0.672 bits per heavy atom. The number of aliphatic hydroxyl groups is 10. The van der Waals surface area contributed by atoms with Gasteiger partial charge in [-0.15, -0.1) is 0 Å². The Morgan fingerprint density at radius 2 is 1.31 bits per heavy atom. The van der Waals surface area contributed by atoms with Crippen molar-refractivity contribution in [3.8, 4) is 0 Å². The van der Waals surface area contributed by atoms with Crippen LogP contribution in [0.15, 0.2) is 11.6 Å². The molecule has 64 heavy (non-hydrogen) atoms. The minimum atomic E-state index is -1.68. The zero-order valence-corrected chi connectivity index (χ0v) is 38.5. The number of hydrogen-bond acceptors (Lipinski definition) is 17. The largest absolute Gasteiger partial charge is 0.432 e. The van der Waals surface area contributed by atoms with E-state index in [2.05, 4.69) is 54.5 Å². The normalized spacial score (nSPS) is 53.4. The molecule has 5 aliphatic carbocycles. The fourth-order valence-corrected chi connectivity index (χ4v) is 14.8. The number of ether oxygens (including phenoxy) is 6. The quantitative estimate of drug-likeness (QED) is 0.0916. The predicted molar refractivity (Wildman–Crippen MR) is 224 cm³/mol. The summed E-state index contributed by atoms with van der Waals surface area (Å²) in [6, 6.07) is 0. The molecule has 17 nitrogen and oxygen atoms in total. The maximum absolute atomic E-state index is 14.7. The highest BCUT2D eigenvalue weighted by Gasteiger charge is 2.70. The van der Waals surface area contributed by atoms with Crippen molar-refractivity contribution in [2.75, 3.05) is 19.8 Å². The summed E-state index contributed by atoms with van der Waals surface area (Å²) in [5, 5.41) is 105. The second kappa shape index (κ2) is 17.2. The maximum atomic E-state index is 14.7. The van der Waals surface area contributed by atoms with Crippen LogP contribution in [0.4, 0.5) is 0 Å². The van der Waals surface area contributed by atoms with Crippen molar-refractivity contribution >= 4 is 5.97 Å². The number of aliphatic hydroxyl groups excluding tert-OH is 10. The Hall–Kier alpha value is -1.39. The van der Waals surface area contributed by atoms with Gasteiger partial charge in [-0.1, -0.05) is 60.1 Å². The average molecular weight is 913 g/mol. The Balaban J connectivity index is 1.02. The lowest BCUT2D eigenvalue weighted by Gasteiger charge is -2.71. The summed E-state index contributed by atoms with van der Waals surface area (Å²) in [5.41, 5.74) is -0.545. The summed E-state index contributed by atoms with van der Waals surface area (Å²) in [6.45, 7) is 14.6. The van der Waals surface area contributed by atoms with Crippen molar-refractivity contribution in [2.24, 2.45) is 50.2 Å². The number of allylic oxidation sites excluding steroid dienone is 2. The molecule has 0 bridgehead atoms. The SMILES string of the molecule is CC1(C)CC[C@]2(C(=O)O[C@@H]3O[C@H](CO)[C@@H](O)[C@H](O)[C@H]3O)CC[C@]3(C)C(=CC[C@@H]4[C@@]5(C)CC[C@H](O[C@@H]6O[C@H](CO)[C@@H](O)[C@H](O[C@@H]7OC[C@H](O)[C@H](O)[C@H]7O)[C@H]6O)C(C)(C)[C@@H]5CC[C@]43C)[C@@H]2C1. The predicted octanol–water partition coefficient (Wildman–Crippen LogP) is 0.780. The number of carbonyl (C=O) groups excluding carboxylic acids is 1. The molecule has 0 aromatic heterocycles. The fourth-order valence-electron chi connectivity index (χ4n) is 14.8. The van der Waals surface area contributed by atoms with E-state index >= 15 is 0 Å². The molecule has 8 rings (SSSR count). The van der Waals surface area contributed by atoms with Gasteiger partial charge in [0.2, 0.25) is 6.29 Å². The smallest absolute Gasteiger partial charge is 0.315 e. The topological polar surface area (TPSA) is 275 Å². The van der Waals surface area contributed by atoms with Crippen molar-refractivity contribution in [2.45, 2.75) is 205 Å². The van der Waals surface area contributed by atoms with Crippen LogP contribution in [0, 0.1) is 50.2 Å². The molecule has 8 aliphatic rings. The van der Waals surface area contributed by atoms with E-state index in [0.29, 0.717) is 19.3 Å². The first kappa shape index (κ1) is 49.0. The lowest BCUT2D eigenvalue weighted by molar-refractivity contribution is -0.361. The van der Waals surface area contributed by atoms with E-state index in [1.807, 2.05) is 0 Å². The van der Waals surface area contributed by atoms with Crippen LogP contribution in [0.5, 0.6) is 0 Å². The van der Waals surface area contributed by atoms with E-state index in [9.17, 15) is 55.9 Å². The van der Waals surface area contributed by atoms with Gasteiger partial charge in [0.25, 0.3) is 0 Å². The van der Waals surface area contributed by atoms with Gasteiger partial charge in [-0.2, -0.15) is 0 Å². The van der Waals surface area contributed by atoms with Gasteiger partial charge >= 0.3 is 5.97 Å². The molecule has 0 unspecified atom stereocenters. The molecule has 0 aromatic rings. The third-order valence-corrected chi connectivity index (χ3v) is 18.9. The minimum absolute atomic E-state index is 0.0471. The summed E-state index contributed by atoms with van der Waals surface area (Å²) in [4.78, 5) is 14.7. The molecule has 3 saturated heterocycles. The van der Waals surface area contributed by atoms with Crippen LogP contribution in [0.3, 0.4) is 0 Å². The number of rotatable bonds is 8. The van der Waals surface area contributed by atoms with E-state index in [1.165, 1.54) is 5.57 Å². The monoisotopic (exact) mass is 913 g/mol. The van der Waals surface area contributed by atoms with Crippen LogP contribution >= 0.6 is 0 Å². The molecule has 10 N–H and O–H groups in total. The van der Waals surface area contributed by atoms with E-state index in [4.69, 9.17) is 28.4 Å². The summed E-state index contributed by atoms with van der Waals surface area (Å²) < 4.78 is 35.6. The van der Waals surface area contributed by atoms with Gasteiger partial charge < -0.3 is 79.5 Å². The first-order valence-corrected chi connectivity index (χ1v) is 23.7. The molecule has 22 atom stereocenters. The molecule has 366 valence electrons. The van der Waals surface area contributed by atoms with Crippen molar-refractivity contribution in [3.63, 3.8) is 0 Å². The van der Waals surface area contributed by atoms with Gasteiger partial charge in [-0.25, -0.2) is 0 Å². The molecule has 0 radical (unpaired) electrons. The Labute approximate surface area is 376 Å². The van der Waals surface area contributed by atoms with Gasteiger partial charge in [0.15, 0.2) is 12.6 Å². The van der Waals surface area contributed by atoms with Crippen LogP contribution in [0.2, 0.25) is 0 Å². The van der Waals surface area contributed by atoms with Crippen LogP contribution in [0.25, 0.3) is 0 Å². The molecular formula is C47H76O17.